The van der Waals surface area contributed by atoms with Gasteiger partial charge >= 0.3 is 0 Å². The van der Waals surface area contributed by atoms with Crippen molar-refractivity contribution in [2.24, 2.45) is 4.99 Å². The van der Waals surface area contributed by atoms with E-state index in [2.05, 4.69) is 51.7 Å². The van der Waals surface area contributed by atoms with E-state index in [1.807, 2.05) is 7.05 Å². The van der Waals surface area contributed by atoms with Crippen molar-refractivity contribution in [1.82, 2.24) is 15.5 Å². The molecule has 1 aliphatic heterocycles. The van der Waals surface area contributed by atoms with Gasteiger partial charge in [0.1, 0.15) is 0 Å². The summed E-state index contributed by atoms with van der Waals surface area (Å²) in [5.41, 5.74) is 2.78. The zero-order valence-electron chi connectivity index (χ0n) is 16.6. The molecule has 2 fully saturated rings. The first kappa shape index (κ1) is 19.2. The number of nitrogens with one attached hydrogen (secondary N) is 2. The molecule has 0 aromatic heterocycles. The van der Waals surface area contributed by atoms with E-state index in [4.69, 9.17) is 0 Å². The summed E-state index contributed by atoms with van der Waals surface area (Å²) in [7, 11) is 1.87. The summed E-state index contributed by atoms with van der Waals surface area (Å²) in [6, 6.07) is 10.1. The van der Waals surface area contributed by atoms with Gasteiger partial charge in [0, 0.05) is 38.8 Å². The molecule has 0 atom stereocenters. The third-order valence-corrected chi connectivity index (χ3v) is 6.13. The quantitative estimate of drug-likeness (QED) is 0.624. The maximum absolute atomic E-state index is 4.44. The van der Waals surface area contributed by atoms with Crippen molar-refractivity contribution in [2.75, 3.05) is 20.1 Å². The maximum atomic E-state index is 4.44. The van der Waals surface area contributed by atoms with Crippen LogP contribution in [0.3, 0.4) is 0 Å². The van der Waals surface area contributed by atoms with Gasteiger partial charge in [-0.3, -0.25) is 4.99 Å². The fraction of sp³-hybridized carbons (Fsp3) is 0.682. The zero-order chi connectivity index (χ0) is 18.2. The van der Waals surface area contributed by atoms with Gasteiger partial charge in [0.25, 0.3) is 0 Å². The van der Waals surface area contributed by atoms with Crippen LogP contribution in [0.4, 0.5) is 0 Å². The second-order valence-electron chi connectivity index (χ2n) is 7.79. The molecular weight excluding hydrogens is 320 g/mol. The molecule has 0 bridgehead atoms. The molecule has 2 N–H and O–H groups in total. The van der Waals surface area contributed by atoms with Gasteiger partial charge in [-0.2, -0.15) is 0 Å². The van der Waals surface area contributed by atoms with E-state index in [1.54, 1.807) is 0 Å². The number of hydrogen-bond donors (Lipinski definition) is 2. The molecule has 1 aliphatic carbocycles. The Morgan fingerprint density at radius 2 is 1.73 bits per heavy atom. The predicted octanol–water partition coefficient (Wildman–Crippen LogP) is 3.71. The first-order valence-electron chi connectivity index (χ1n) is 10.6. The number of aliphatic imine (C=N–C) groups is 1. The topological polar surface area (TPSA) is 39.7 Å². The molecule has 1 aromatic rings. The minimum atomic E-state index is 0.544. The third-order valence-electron chi connectivity index (χ3n) is 6.13. The first-order valence-corrected chi connectivity index (χ1v) is 10.6. The highest BCUT2D eigenvalue weighted by molar-refractivity contribution is 5.80. The van der Waals surface area contributed by atoms with E-state index in [1.165, 1.54) is 69.2 Å². The Balaban J connectivity index is 1.44. The van der Waals surface area contributed by atoms with Crippen molar-refractivity contribution in [1.29, 1.82) is 0 Å². The summed E-state index contributed by atoms with van der Waals surface area (Å²) in [6.45, 7) is 5.52. The Labute approximate surface area is 159 Å². The number of aryl methyl sites for hydroxylation is 1. The van der Waals surface area contributed by atoms with Crippen LogP contribution in [0, 0.1) is 0 Å². The van der Waals surface area contributed by atoms with Gasteiger partial charge in [-0.25, -0.2) is 0 Å². The minimum absolute atomic E-state index is 0.544. The minimum Gasteiger partial charge on any atom is -0.354 e. The van der Waals surface area contributed by atoms with Gasteiger partial charge in [-0.15, -0.1) is 0 Å². The highest BCUT2D eigenvalue weighted by Gasteiger charge is 2.26. The van der Waals surface area contributed by atoms with Crippen LogP contribution in [-0.4, -0.2) is 43.1 Å². The van der Waals surface area contributed by atoms with Crippen molar-refractivity contribution in [3.63, 3.8) is 0 Å². The molecule has 0 amide bonds. The van der Waals surface area contributed by atoms with Crippen LogP contribution in [0.25, 0.3) is 0 Å². The number of rotatable bonds is 5. The van der Waals surface area contributed by atoms with Gasteiger partial charge in [0.2, 0.25) is 0 Å². The maximum Gasteiger partial charge on any atom is 0.191 e. The average Bonchev–Trinajstić information content (AvgIpc) is 2.72. The molecule has 1 saturated carbocycles. The zero-order valence-corrected chi connectivity index (χ0v) is 16.6. The van der Waals surface area contributed by atoms with Crippen LogP contribution in [0.5, 0.6) is 0 Å². The monoisotopic (exact) mass is 356 g/mol. The van der Waals surface area contributed by atoms with Gasteiger partial charge in [-0.1, -0.05) is 50.5 Å². The third kappa shape index (κ3) is 5.23. The lowest BCUT2D eigenvalue weighted by molar-refractivity contribution is 0.119. The number of piperidine rings is 1. The Morgan fingerprint density at radius 1 is 1.04 bits per heavy atom. The van der Waals surface area contributed by atoms with Crippen molar-refractivity contribution in [2.45, 2.75) is 76.9 Å². The SMILES string of the molecule is CCc1ccccc1CNC(=NC)NC1CCN(C2CCCCC2)CC1. The van der Waals surface area contributed by atoms with E-state index in [0.717, 1.165) is 25.0 Å². The molecule has 3 rings (SSSR count). The number of hydrogen-bond acceptors (Lipinski definition) is 2. The van der Waals surface area contributed by atoms with Crippen LogP contribution in [0.1, 0.15) is 63.0 Å². The molecule has 0 radical (unpaired) electrons. The largest absolute Gasteiger partial charge is 0.354 e. The fourth-order valence-electron chi connectivity index (χ4n) is 4.50. The first-order chi connectivity index (χ1) is 12.8. The molecule has 144 valence electrons. The average molecular weight is 357 g/mol. The van der Waals surface area contributed by atoms with Gasteiger partial charge in [0.05, 0.1) is 0 Å². The molecule has 0 unspecified atom stereocenters. The Morgan fingerprint density at radius 3 is 2.38 bits per heavy atom. The van der Waals surface area contributed by atoms with E-state index in [0.29, 0.717) is 6.04 Å². The van der Waals surface area contributed by atoms with Gasteiger partial charge in [0.15, 0.2) is 5.96 Å². The van der Waals surface area contributed by atoms with Crippen molar-refractivity contribution >= 4 is 5.96 Å². The van der Waals surface area contributed by atoms with Gasteiger partial charge in [-0.05, 0) is 43.2 Å². The normalized spacial score (nSPS) is 20.9. The van der Waals surface area contributed by atoms with E-state index in [9.17, 15) is 0 Å². The lowest BCUT2D eigenvalue weighted by Crippen LogP contribution is -2.50. The van der Waals surface area contributed by atoms with Crippen molar-refractivity contribution in [3.05, 3.63) is 35.4 Å². The van der Waals surface area contributed by atoms with Crippen LogP contribution < -0.4 is 10.6 Å². The Hall–Kier alpha value is -1.55. The Kier molecular flexibility index (Phi) is 7.36. The summed E-state index contributed by atoms with van der Waals surface area (Å²) in [6.07, 6.45) is 10.7. The molecule has 26 heavy (non-hydrogen) atoms. The Bertz CT molecular complexity index is 569. The molecule has 1 heterocycles. The summed E-state index contributed by atoms with van der Waals surface area (Å²) >= 11 is 0. The smallest absolute Gasteiger partial charge is 0.191 e. The van der Waals surface area contributed by atoms with Gasteiger partial charge < -0.3 is 15.5 Å². The van der Waals surface area contributed by atoms with E-state index < -0.39 is 0 Å². The second-order valence-corrected chi connectivity index (χ2v) is 7.79. The molecule has 1 saturated heterocycles. The van der Waals surface area contributed by atoms with Crippen molar-refractivity contribution in [3.8, 4) is 0 Å². The molecule has 0 spiro atoms. The van der Waals surface area contributed by atoms with E-state index >= 15 is 0 Å². The lowest BCUT2D eigenvalue weighted by Gasteiger charge is -2.39. The van der Waals surface area contributed by atoms with Crippen molar-refractivity contribution < 1.29 is 0 Å². The van der Waals surface area contributed by atoms with E-state index in [-0.39, 0.29) is 0 Å². The second kappa shape index (κ2) is 9.96. The summed E-state index contributed by atoms with van der Waals surface area (Å²) in [4.78, 5) is 7.18. The molecule has 1 aromatic carbocycles. The summed E-state index contributed by atoms with van der Waals surface area (Å²) in [5.74, 6) is 0.937. The molecule has 4 heteroatoms. The standard InChI is InChI=1S/C22H36N4/c1-3-18-9-7-8-10-19(18)17-24-22(23-2)25-20-13-15-26(16-14-20)21-11-5-4-6-12-21/h7-10,20-21H,3-6,11-17H2,1-2H3,(H2,23,24,25). The number of likely N-dealkylation sites (tertiary alicyclic amines) is 1. The fourth-order valence-corrected chi connectivity index (χ4v) is 4.50. The number of benzene rings is 1. The molecule has 2 aliphatic rings. The molecule has 4 nitrogen and oxygen atoms in total. The predicted molar refractivity (Wildman–Crippen MR) is 111 cm³/mol. The summed E-state index contributed by atoms with van der Waals surface area (Å²) < 4.78 is 0. The van der Waals surface area contributed by atoms with Crippen LogP contribution >= 0.6 is 0 Å². The summed E-state index contributed by atoms with van der Waals surface area (Å²) in [5, 5.41) is 7.16. The number of guanidine groups is 1. The highest BCUT2D eigenvalue weighted by atomic mass is 15.2. The van der Waals surface area contributed by atoms with Crippen LogP contribution in [0.2, 0.25) is 0 Å². The number of nitrogens with zero attached hydrogens (tertiary/aromatic N) is 2. The van der Waals surface area contributed by atoms with Crippen LogP contribution in [0.15, 0.2) is 29.3 Å². The lowest BCUT2D eigenvalue weighted by atomic mass is 9.92. The molecular formula is C22H36N4. The highest BCUT2D eigenvalue weighted by Crippen LogP contribution is 2.25. The van der Waals surface area contributed by atoms with Crippen LogP contribution in [-0.2, 0) is 13.0 Å².